The Morgan fingerprint density at radius 1 is 0.977 bits per heavy atom. The van der Waals surface area contributed by atoms with E-state index in [0.29, 0.717) is 49.7 Å². The number of para-hydroxylation sites is 1. The summed E-state index contributed by atoms with van der Waals surface area (Å²) >= 11 is 7.79. The molecule has 0 bridgehead atoms. The first-order valence-corrected chi connectivity index (χ1v) is 16.3. The Hall–Kier alpha value is -3.53. The first-order valence-electron chi connectivity index (χ1n) is 14.5. The van der Waals surface area contributed by atoms with Crippen LogP contribution in [0, 0.1) is 6.54 Å². The number of thioether (sulfide) groups is 1. The molecule has 5 rings (SSSR count). The van der Waals surface area contributed by atoms with Gasteiger partial charge in [-0.25, -0.2) is 0 Å². The molecule has 225 valence electrons. The van der Waals surface area contributed by atoms with Crippen molar-refractivity contribution in [3.63, 3.8) is 0 Å². The van der Waals surface area contributed by atoms with Crippen molar-refractivity contribution in [2.45, 2.75) is 24.9 Å². The Morgan fingerprint density at radius 3 is 2.47 bits per heavy atom. The van der Waals surface area contributed by atoms with Gasteiger partial charge in [0.2, 0.25) is 11.8 Å². The Morgan fingerprint density at radius 2 is 1.70 bits per heavy atom. The maximum absolute atomic E-state index is 14.0. The van der Waals surface area contributed by atoms with Gasteiger partial charge in [-0.3, -0.25) is 19.7 Å². The van der Waals surface area contributed by atoms with Gasteiger partial charge >= 0.3 is 0 Å². The lowest BCUT2D eigenvalue weighted by Crippen LogP contribution is -2.57. The van der Waals surface area contributed by atoms with Crippen LogP contribution in [0.4, 0.5) is 5.69 Å². The molecule has 0 aromatic heterocycles. The van der Waals surface area contributed by atoms with Crippen LogP contribution in [-0.4, -0.2) is 73.4 Å². The van der Waals surface area contributed by atoms with Crippen LogP contribution < -0.4 is 20.9 Å². The van der Waals surface area contributed by atoms with Gasteiger partial charge in [-0.1, -0.05) is 60.1 Å². The number of hydrogen-bond donors (Lipinski definition) is 3. The summed E-state index contributed by atoms with van der Waals surface area (Å²) in [4.78, 5) is 44.4. The predicted molar refractivity (Wildman–Crippen MR) is 173 cm³/mol. The third-order valence-corrected chi connectivity index (χ3v) is 8.74. The molecule has 3 amide bonds. The quantitative estimate of drug-likeness (QED) is 0.299. The van der Waals surface area contributed by atoms with Gasteiger partial charge in [0.25, 0.3) is 5.91 Å². The smallest absolute Gasteiger partial charge is 0.253 e. The van der Waals surface area contributed by atoms with Crippen molar-refractivity contribution in [2.75, 3.05) is 49.6 Å². The van der Waals surface area contributed by atoms with Gasteiger partial charge in [0.1, 0.15) is 12.1 Å². The molecule has 1 fully saturated rings. The topological polar surface area (TPSA) is 93.8 Å². The van der Waals surface area contributed by atoms with Gasteiger partial charge in [-0.15, -0.1) is 0 Å². The summed E-state index contributed by atoms with van der Waals surface area (Å²) in [5.41, 5.74) is 4.42. The summed E-state index contributed by atoms with van der Waals surface area (Å²) in [7, 11) is 0. The van der Waals surface area contributed by atoms with E-state index in [1.807, 2.05) is 78.4 Å². The fourth-order valence-electron chi connectivity index (χ4n) is 5.60. The highest BCUT2D eigenvalue weighted by Gasteiger charge is 2.33. The first kappa shape index (κ1) is 30.9. The number of carbonyl (C=O) groups excluding carboxylic acids is 3. The van der Waals surface area contributed by atoms with Crippen molar-refractivity contribution in [1.29, 1.82) is 0 Å². The average Bonchev–Trinajstić information content (AvgIpc) is 3.05. The number of carbonyl (C=O) groups is 3. The largest absolute Gasteiger partial charge is 0.367 e. The fourth-order valence-corrected chi connectivity index (χ4v) is 6.03. The SMILES string of the molecule is CSCCNC(=O)c1ccccc1N1CCN(C(=O)[C@@H](Cc2ccc(Cl)cc2)NC(=O)C2N[CH]Cc3ccccc32)CC1. The van der Waals surface area contributed by atoms with E-state index in [9.17, 15) is 14.4 Å². The molecule has 1 unspecified atom stereocenters. The summed E-state index contributed by atoms with van der Waals surface area (Å²) in [6.45, 7) is 4.61. The van der Waals surface area contributed by atoms with Crippen LogP contribution >= 0.6 is 23.4 Å². The van der Waals surface area contributed by atoms with Gasteiger partial charge in [0.15, 0.2) is 0 Å². The van der Waals surface area contributed by atoms with E-state index in [2.05, 4.69) is 20.9 Å². The van der Waals surface area contributed by atoms with Crippen molar-refractivity contribution in [1.82, 2.24) is 20.9 Å². The second-order valence-electron chi connectivity index (χ2n) is 10.7. The number of piperazine rings is 1. The zero-order valence-corrected chi connectivity index (χ0v) is 25.8. The predicted octanol–water partition coefficient (Wildman–Crippen LogP) is 3.86. The van der Waals surface area contributed by atoms with E-state index >= 15 is 0 Å². The second kappa shape index (κ2) is 14.8. The van der Waals surface area contributed by atoms with E-state index in [1.165, 1.54) is 0 Å². The zero-order valence-electron chi connectivity index (χ0n) is 24.2. The average molecular weight is 619 g/mol. The van der Waals surface area contributed by atoms with Crippen molar-refractivity contribution >= 4 is 46.8 Å². The Kier molecular flexibility index (Phi) is 10.6. The van der Waals surface area contributed by atoms with Gasteiger partial charge < -0.3 is 20.4 Å². The van der Waals surface area contributed by atoms with Crippen molar-refractivity contribution < 1.29 is 14.4 Å². The molecule has 2 atom stereocenters. The van der Waals surface area contributed by atoms with Crippen molar-refractivity contribution in [3.05, 3.63) is 107 Å². The van der Waals surface area contributed by atoms with Crippen LogP contribution in [0.25, 0.3) is 0 Å². The standard InChI is InChI=1S/C33H37ClN5O3S/c1-43-21-16-36-31(40)27-8-4-5-9-29(27)38-17-19-39(20-18-38)33(42)28(22-23-10-12-25(34)13-11-23)37-32(41)30-26-7-3-2-6-24(26)14-15-35-30/h2-13,15,28,30,35H,14,16-22H2,1H3,(H,36,40)(H,37,41)/t28-,30?/m1/s1. The molecule has 0 aliphatic carbocycles. The number of rotatable bonds is 10. The summed E-state index contributed by atoms with van der Waals surface area (Å²) in [5, 5.41) is 9.88. The molecule has 2 heterocycles. The number of nitrogens with zero attached hydrogens (tertiary/aromatic N) is 2. The Balaban J connectivity index is 1.28. The fraction of sp³-hybridized carbons (Fsp3) is 0.333. The molecular weight excluding hydrogens is 582 g/mol. The highest BCUT2D eigenvalue weighted by molar-refractivity contribution is 7.98. The molecular formula is C33H37ClN5O3S. The number of halogens is 1. The highest BCUT2D eigenvalue weighted by atomic mass is 35.5. The lowest BCUT2D eigenvalue weighted by molar-refractivity contribution is -0.137. The summed E-state index contributed by atoms with van der Waals surface area (Å²) < 4.78 is 0. The second-order valence-corrected chi connectivity index (χ2v) is 12.1. The number of nitrogens with one attached hydrogen (secondary N) is 3. The minimum Gasteiger partial charge on any atom is -0.367 e. The van der Waals surface area contributed by atoms with Crippen molar-refractivity contribution in [3.8, 4) is 0 Å². The van der Waals surface area contributed by atoms with Crippen LogP contribution in [-0.2, 0) is 22.4 Å². The summed E-state index contributed by atoms with van der Waals surface area (Å²) in [6, 6.07) is 21.5. The van der Waals surface area contributed by atoms with Crippen LogP contribution in [0.3, 0.4) is 0 Å². The van der Waals surface area contributed by atoms with Gasteiger partial charge in [-0.2, -0.15) is 11.8 Å². The number of amides is 3. The maximum Gasteiger partial charge on any atom is 0.253 e. The van der Waals surface area contributed by atoms with Crippen LogP contribution in [0.2, 0.25) is 5.02 Å². The van der Waals surface area contributed by atoms with E-state index in [4.69, 9.17) is 11.6 Å². The minimum absolute atomic E-state index is 0.0935. The zero-order chi connectivity index (χ0) is 30.2. The highest BCUT2D eigenvalue weighted by Crippen LogP contribution is 2.25. The molecule has 43 heavy (non-hydrogen) atoms. The molecule has 2 aliphatic rings. The van der Waals surface area contributed by atoms with Gasteiger partial charge in [-0.05, 0) is 53.6 Å². The molecule has 10 heteroatoms. The third kappa shape index (κ3) is 7.71. The molecule has 0 spiro atoms. The molecule has 3 aromatic carbocycles. The lowest BCUT2D eigenvalue weighted by atomic mass is 9.93. The number of anilines is 1. The van der Waals surface area contributed by atoms with Crippen LogP contribution in [0.15, 0.2) is 72.8 Å². The summed E-state index contributed by atoms with van der Waals surface area (Å²) in [5.74, 6) is 0.392. The molecule has 0 saturated carbocycles. The normalized spacial score (nSPS) is 17.1. The van der Waals surface area contributed by atoms with E-state index in [1.54, 1.807) is 23.9 Å². The van der Waals surface area contributed by atoms with Gasteiger partial charge in [0, 0.05) is 62.2 Å². The van der Waals surface area contributed by atoms with Gasteiger partial charge in [0.05, 0.1) is 5.56 Å². The van der Waals surface area contributed by atoms with E-state index < -0.39 is 12.1 Å². The molecule has 1 radical (unpaired) electrons. The maximum atomic E-state index is 14.0. The minimum atomic E-state index is -0.745. The molecule has 8 nitrogen and oxygen atoms in total. The van der Waals surface area contributed by atoms with E-state index in [-0.39, 0.29) is 17.7 Å². The van der Waals surface area contributed by atoms with Crippen LogP contribution in [0.1, 0.15) is 33.1 Å². The first-order chi connectivity index (χ1) is 20.9. The molecule has 2 aliphatic heterocycles. The third-order valence-electron chi connectivity index (χ3n) is 7.87. The number of fused-ring (bicyclic) bond motifs is 1. The van der Waals surface area contributed by atoms with E-state index in [0.717, 1.165) is 34.6 Å². The molecule has 3 aromatic rings. The van der Waals surface area contributed by atoms with Crippen molar-refractivity contribution in [2.24, 2.45) is 0 Å². The Bertz CT molecular complexity index is 1430. The van der Waals surface area contributed by atoms with Crippen LogP contribution in [0.5, 0.6) is 0 Å². The number of benzene rings is 3. The summed E-state index contributed by atoms with van der Waals surface area (Å²) in [6.07, 6.45) is 3.09. The monoisotopic (exact) mass is 618 g/mol. The lowest BCUT2D eigenvalue weighted by Gasteiger charge is -2.38. The molecule has 3 N–H and O–H groups in total. The number of hydrogen-bond acceptors (Lipinski definition) is 6. The Labute approximate surface area is 262 Å². The molecule has 1 saturated heterocycles.